The predicted molar refractivity (Wildman–Crippen MR) is 53.0 cm³/mol. The van der Waals surface area contributed by atoms with Crippen LogP contribution >= 0.6 is 0 Å². The van der Waals surface area contributed by atoms with Gasteiger partial charge in [-0.1, -0.05) is 36.4 Å². The molecule has 0 N–H and O–H groups in total. The van der Waals surface area contributed by atoms with Crippen LogP contribution in [0.2, 0.25) is 0 Å². The van der Waals surface area contributed by atoms with Crippen LogP contribution in [-0.2, 0) is 0 Å². The Kier molecular flexibility index (Phi) is 4.74. The fourth-order valence-electron chi connectivity index (χ4n) is 1.11. The summed E-state index contributed by atoms with van der Waals surface area (Å²) in [6.07, 6.45) is 0. The minimum absolute atomic E-state index is 0. The number of para-hydroxylation sites is 2. The van der Waals surface area contributed by atoms with Gasteiger partial charge >= 0.3 is 29.6 Å². The molecule has 2 heteroatoms. The molecule has 1 nitrogen and oxygen atoms in total. The van der Waals surface area contributed by atoms with E-state index in [0.29, 0.717) is 0 Å². The predicted octanol–water partition coefficient (Wildman–Crippen LogP) is 0.483. The number of rotatable bonds is 2. The standard InChI is InChI=1S/C12H10O.Na/c1-3-7-11(8-4-1)13-12-9-5-2-6-10-12;/h1-10H;/q;+1. The van der Waals surface area contributed by atoms with Crippen LogP contribution in [0, 0.1) is 0 Å². The average Bonchev–Trinajstić information content (AvgIpc) is 2.21. The fourth-order valence-corrected chi connectivity index (χ4v) is 1.11. The molecular weight excluding hydrogens is 183 g/mol. The Morgan fingerprint density at radius 3 is 1.29 bits per heavy atom. The van der Waals surface area contributed by atoms with Crippen molar-refractivity contribution in [3.8, 4) is 11.5 Å². The van der Waals surface area contributed by atoms with Crippen molar-refractivity contribution in [1.82, 2.24) is 0 Å². The van der Waals surface area contributed by atoms with E-state index in [2.05, 4.69) is 0 Å². The van der Waals surface area contributed by atoms with E-state index >= 15 is 0 Å². The molecule has 0 aliphatic carbocycles. The van der Waals surface area contributed by atoms with Crippen LogP contribution in [0.5, 0.6) is 11.5 Å². The van der Waals surface area contributed by atoms with Crippen LogP contribution in [0.4, 0.5) is 0 Å². The largest absolute Gasteiger partial charge is 1.00 e. The summed E-state index contributed by atoms with van der Waals surface area (Å²) in [4.78, 5) is 0. The van der Waals surface area contributed by atoms with Crippen molar-refractivity contribution in [3.05, 3.63) is 60.7 Å². The SMILES string of the molecule is [Na+].c1ccc(Oc2ccccc2)cc1. The van der Waals surface area contributed by atoms with Crippen molar-refractivity contribution < 1.29 is 34.3 Å². The topological polar surface area (TPSA) is 9.23 Å². The Bertz CT molecular complexity index is 321. The molecule has 0 spiro atoms. The van der Waals surface area contributed by atoms with E-state index in [-0.39, 0.29) is 29.6 Å². The Morgan fingerprint density at radius 2 is 0.929 bits per heavy atom. The van der Waals surface area contributed by atoms with Gasteiger partial charge in [0.05, 0.1) is 0 Å². The number of hydrogen-bond acceptors (Lipinski definition) is 1. The van der Waals surface area contributed by atoms with E-state index in [9.17, 15) is 0 Å². The molecule has 2 aromatic carbocycles. The van der Waals surface area contributed by atoms with Crippen molar-refractivity contribution >= 4 is 0 Å². The van der Waals surface area contributed by atoms with Crippen LogP contribution in [0.25, 0.3) is 0 Å². The normalized spacial score (nSPS) is 8.86. The third kappa shape index (κ3) is 3.18. The second kappa shape index (κ2) is 5.86. The summed E-state index contributed by atoms with van der Waals surface area (Å²) >= 11 is 0. The molecule has 0 heterocycles. The zero-order valence-electron chi connectivity index (χ0n) is 8.18. The van der Waals surface area contributed by atoms with Crippen molar-refractivity contribution in [2.75, 3.05) is 0 Å². The zero-order valence-corrected chi connectivity index (χ0v) is 10.2. The van der Waals surface area contributed by atoms with Gasteiger partial charge in [-0.15, -0.1) is 0 Å². The minimum atomic E-state index is 0. The third-order valence-corrected chi connectivity index (χ3v) is 1.72. The summed E-state index contributed by atoms with van der Waals surface area (Å²) in [7, 11) is 0. The monoisotopic (exact) mass is 193 g/mol. The van der Waals surface area contributed by atoms with Crippen LogP contribution in [0.3, 0.4) is 0 Å². The maximum Gasteiger partial charge on any atom is 1.00 e. The molecule has 14 heavy (non-hydrogen) atoms. The maximum absolute atomic E-state index is 5.58. The van der Waals surface area contributed by atoms with Gasteiger partial charge < -0.3 is 4.74 Å². The Balaban J connectivity index is 0.000000980. The van der Waals surface area contributed by atoms with Crippen molar-refractivity contribution in [2.24, 2.45) is 0 Å². The average molecular weight is 193 g/mol. The van der Waals surface area contributed by atoms with Gasteiger partial charge in [-0.2, -0.15) is 0 Å². The second-order valence-corrected chi connectivity index (χ2v) is 2.73. The zero-order chi connectivity index (χ0) is 8.93. The fraction of sp³-hybridized carbons (Fsp3) is 0. The molecule has 2 aromatic rings. The molecule has 0 fully saturated rings. The van der Waals surface area contributed by atoms with Gasteiger partial charge in [0.1, 0.15) is 11.5 Å². The number of hydrogen-bond donors (Lipinski definition) is 0. The van der Waals surface area contributed by atoms with Crippen molar-refractivity contribution in [2.45, 2.75) is 0 Å². The molecule has 0 bridgehead atoms. The molecule has 0 saturated carbocycles. The van der Waals surface area contributed by atoms with Crippen molar-refractivity contribution in [3.63, 3.8) is 0 Å². The Morgan fingerprint density at radius 1 is 0.571 bits per heavy atom. The molecule has 0 aliphatic heterocycles. The smallest absolute Gasteiger partial charge is 0.457 e. The third-order valence-electron chi connectivity index (χ3n) is 1.72. The minimum Gasteiger partial charge on any atom is -0.457 e. The molecule has 0 atom stereocenters. The molecule has 0 amide bonds. The summed E-state index contributed by atoms with van der Waals surface area (Å²) in [5.74, 6) is 1.74. The van der Waals surface area contributed by atoms with Crippen LogP contribution in [0.1, 0.15) is 0 Å². The number of ether oxygens (including phenoxy) is 1. The van der Waals surface area contributed by atoms with E-state index in [0.717, 1.165) is 11.5 Å². The van der Waals surface area contributed by atoms with Crippen molar-refractivity contribution in [1.29, 1.82) is 0 Å². The molecular formula is C12H10NaO+. The molecule has 0 unspecified atom stereocenters. The van der Waals surface area contributed by atoms with Gasteiger partial charge in [-0.25, -0.2) is 0 Å². The van der Waals surface area contributed by atoms with E-state index in [1.54, 1.807) is 0 Å². The van der Waals surface area contributed by atoms with E-state index in [1.165, 1.54) is 0 Å². The van der Waals surface area contributed by atoms with E-state index in [1.807, 2.05) is 60.7 Å². The van der Waals surface area contributed by atoms with Gasteiger partial charge in [-0.05, 0) is 24.3 Å². The molecule has 0 radical (unpaired) electrons. The Hall–Kier alpha value is -0.760. The quantitative estimate of drug-likeness (QED) is 0.630. The summed E-state index contributed by atoms with van der Waals surface area (Å²) in [6, 6.07) is 19.5. The molecule has 64 valence electrons. The first-order chi connectivity index (χ1) is 6.45. The van der Waals surface area contributed by atoms with E-state index < -0.39 is 0 Å². The van der Waals surface area contributed by atoms with E-state index in [4.69, 9.17) is 4.74 Å². The van der Waals surface area contributed by atoms with Gasteiger partial charge in [0.2, 0.25) is 0 Å². The first-order valence-corrected chi connectivity index (χ1v) is 4.23. The summed E-state index contributed by atoms with van der Waals surface area (Å²) in [5.41, 5.74) is 0. The maximum atomic E-state index is 5.58. The summed E-state index contributed by atoms with van der Waals surface area (Å²) in [5, 5.41) is 0. The van der Waals surface area contributed by atoms with Gasteiger partial charge in [0, 0.05) is 0 Å². The van der Waals surface area contributed by atoms with Crippen LogP contribution in [0.15, 0.2) is 60.7 Å². The molecule has 2 rings (SSSR count). The number of benzene rings is 2. The van der Waals surface area contributed by atoms with Gasteiger partial charge in [-0.3, -0.25) is 0 Å². The molecule has 0 aromatic heterocycles. The molecule has 0 aliphatic rings. The summed E-state index contributed by atoms with van der Waals surface area (Å²) in [6.45, 7) is 0. The first kappa shape index (κ1) is 11.3. The second-order valence-electron chi connectivity index (χ2n) is 2.73. The first-order valence-electron chi connectivity index (χ1n) is 4.23. The van der Waals surface area contributed by atoms with Crippen LogP contribution in [-0.4, -0.2) is 0 Å². The van der Waals surface area contributed by atoms with Crippen LogP contribution < -0.4 is 34.3 Å². The molecule has 0 saturated heterocycles. The van der Waals surface area contributed by atoms with Gasteiger partial charge in [0.25, 0.3) is 0 Å². The summed E-state index contributed by atoms with van der Waals surface area (Å²) < 4.78 is 5.58. The van der Waals surface area contributed by atoms with Gasteiger partial charge in [0.15, 0.2) is 0 Å². The Labute approximate surface area is 106 Å².